The van der Waals surface area contributed by atoms with Crippen LogP contribution in [0.1, 0.15) is 134 Å². The lowest BCUT2D eigenvalue weighted by molar-refractivity contribution is -0.145. The van der Waals surface area contributed by atoms with Crippen molar-refractivity contribution in [3.05, 3.63) is 60.0 Å². The molecule has 300 valence electrons. The molecule has 54 heavy (non-hydrogen) atoms. The number of unbranched alkanes of at least 4 members (excludes halogenated alkanes) is 16. The number of nitriles is 1. The van der Waals surface area contributed by atoms with Gasteiger partial charge in [0.05, 0.1) is 25.0 Å². The van der Waals surface area contributed by atoms with Crippen molar-refractivity contribution >= 4 is 19.2 Å². The van der Waals surface area contributed by atoms with Crippen molar-refractivity contribution in [1.82, 2.24) is 14.6 Å². The molecule has 1 saturated heterocycles. The lowest BCUT2D eigenvalue weighted by Gasteiger charge is -2.25. The highest BCUT2D eigenvalue weighted by atomic mass is 31.2. The van der Waals surface area contributed by atoms with E-state index in [9.17, 15) is 20.0 Å². The maximum atomic E-state index is 13.7. The second-order valence-electron chi connectivity index (χ2n) is 14.3. The Bertz CT molecular complexity index is 1590. The van der Waals surface area contributed by atoms with E-state index in [1.54, 1.807) is 6.07 Å². The van der Waals surface area contributed by atoms with Crippen LogP contribution in [0.15, 0.2) is 48.8 Å². The van der Waals surface area contributed by atoms with E-state index < -0.39 is 38.0 Å². The summed E-state index contributed by atoms with van der Waals surface area (Å²) in [5, 5.41) is 36.3. The highest BCUT2D eigenvalue weighted by Gasteiger charge is 2.59. The molecule has 14 heteroatoms. The number of anilines is 1. The number of nitrogens with two attached hydrogens (primary N) is 1. The Morgan fingerprint density at radius 2 is 1.52 bits per heavy atom. The molecule has 1 aromatic carbocycles. The van der Waals surface area contributed by atoms with Crippen LogP contribution in [-0.4, -0.2) is 63.1 Å². The zero-order valence-corrected chi connectivity index (χ0v) is 33.1. The predicted octanol–water partition coefficient (Wildman–Crippen LogP) is 8.52. The van der Waals surface area contributed by atoms with Crippen molar-refractivity contribution in [2.45, 2.75) is 159 Å². The summed E-state index contributed by atoms with van der Waals surface area (Å²) < 4.78 is 43.5. The van der Waals surface area contributed by atoms with E-state index in [4.69, 9.17) is 28.8 Å². The van der Waals surface area contributed by atoms with Gasteiger partial charge in [0, 0.05) is 7.11 Å². The number of ether oxygens (including phenoxy) is 2. The summed E-state index contributed by atoms with van der Waals surface area (Å²) in [4.78, 5) is 3.93. The number of phosphoric acid groups is 1. The fourth-order valence-corrected chi connectivity index (χ4v) is 7.94. The number of rotatable bonds is 28. The number of benzene rings is 1. The zero-order chi connectivity index (χ0) is 38.7. The van der Waals surface area contributed by atoms with Gasteiger partial charge < -0.3 is 25.4 Å². The molecule has 1 unspecified atom stereocenters. The van der Waals surface area contributed by atoms with Crippen LogP contribution in [0.4, 0.5) is 5.82 Å². The van der Waals surface area contributed by atoms with Crippen LogP contribution in [0.3, 0.4) is 0 Å². The van der Waals surface area contributed by atoms with E-state index in [-0.39, 0.29) is 18.1 Å². The van der Waals surface area contributed by atoms with E-state index in [2.05, 4.69) is 17.0 Å². The molecule has 4 rings (SSSR count). The van der Waals surface area contributed by atoms with E-state index >= 15 is 0 Å². The fourth-order valence-electron chi connectivity index (χ4n) is 6.92. The lowest BCUT2D eigenvalue weighted by atomic mass is 9.93. The standard InChI is InChI=1S/C40H62N5O8P/c1-3-4-5-6-7-8-9-10-11-12-13-14-15-16-17-18-22-25-33(50-28-32-23-20-19-21-24-32)29-51-54(48,49-2)53-39-36(46)37(47)40(30-41,52-39)35-27-26-34-38(42)43-31-44-45(34)35/h19-21,23-24,26-27,31,33,36-37,39,46-47H,3-18,22,25,28-29H2,1-2H3,(H2,42,43,44)/t33-,36+,37-,39-,40+,54?/m1/s1. The van der Waals surface area contributed by atoms with Crippen molar-refractivity contribution < 1.29 is 37.8 Å². The molecular formula is C40H62N5O8P. The van der Waals surface area contributed by atoms with Gasteiger partial charge in [-0.2, -0.15) is 10.4 Å². The van der Waals surface area contributed by atoms with Crippen molar-refractivity contribution in [2.75, 3.05) is 19.5 Å². The zero-order valence-electron chi connectivity index (χ0n) is 32.2. The Balaban J connectivity index is 1.22. The number of aliphatic hydroxyl groups is 2. The molecule has 1 aliphatic heterocycles. The van der Waals surface area contributed by atoms with E-state index in [0.29, 0.717) is 18.5 Å². The van der Waals surface area contributed by atoms with Crippen molar-refractivity contribution in [1.29, 1.82) is 5.26 Å². The first kappa shape index (κ1) is 43.8. The molecule has 3 heterocycles. The van der Waals surface area contributed by atoms with Gasteiger partial charge in [0.1, 0.15) is 30.1 Å². The molecule has 1 fully saturated rings. The fraction of sp³-hybridized carbons (Fsp3) is 0.675. The summed E-state index contributed by atoms with van der Waals surface area (Å²) >= 11 is 0. The molecular weight excluding hydrogens is 709 g/mol. The number of phosphoric ester groups is 1. The van der Waals surface area contributed by atoms with Gasteiger partial charge in [-0.25, -0.2) is 14.1 Å². The van der Waals surface area contributed by atoms with Gasteiger partial charge in [-0.3, -0.25) is 13.6 Å². The Morgan fingerprint density at radius 1 is 0.926 bits per heavy atom. The Labute approximate surface area is 321 Å². The van der Waals surface area contributed by atoms with Crippen LogP contribution in [-0.2, 0) is 39.8 Å². The van der Waals surface area contributed by atoms with E-state index in [0.717, 1.165) is 31.9 Å². The topological polar surface area (TPSA) is 184 Å². The molecule has 2 aromatic heterocycles. The van der Waals surface area contributed by atoms with E-state index in [1.807, 2.05) is 36.4 Å². The quantitative estimate of drug-likeness (QED) is 0.0473. The maximum absolute atomic E-state index is 13.7. The number of nitrogen functional groups attached to an aromatic ring is 1. The van der Waals surface area contributed by atoms with Gasteiger partial charge in [0.15, 0.2) is 12.1 Å². The number of hydrogen-bond donors (Lipinski definition) is 3. The minimum Gasteiger partial charge on any atom is -0.386 e. The molecule has 0 saturated carbocycles. The molecule has 13 nitrogen and oxygen atoms in total. The first-order chi connectivity index (χ1) is 26.3. The van der Waals surface area contributed by atoms with Gasteiger partial charge in [-0.05, 0) is 24.1 Å². The lowest BCUT2D eigenvalue weighted by Crippen LogP contribution is -2.40. The third-order valence-electron chi connectivity index (χ3n) is 10.2. The number of aromatic nitrogens is 3. The Morgan fingerprint density at radius 3 is 2.09 bits per heavy atom. The number of nitrogens with zero attached hydrogens (tertiary/aromatic N) is 4. The molecule has 6 atom stereocenters. The molecule has 0 radical (unpaired) electrons. The summed E-state index contributed by atoms with van der Waals surface area (Å²) in [6, 6.07) is 14.7. The van der Waals surface area contributed by atoms with Crippen molar-refractivity contribution in [3.63, 3.8) is 0 Å². The van der Waals surface area contributed by atoms with Gasteiger partial charge in [0.25, 0.3) is 0 Å². The molecule has 0 bridgehead atoms. The monoisotopic (exact) mass is 771 g/mol. The van der Waals surface area contributed by atoms with Crippen molar-refractivity contribution in [3.8, 4) is 6.07 Å². The minimum absolute atomic E-state index is 0.0726. The van der Waals surface area contributed by atoms with Crippen LogP contribution in [0, 0.1) is 11.3 Å². The molecule has 1 aliphatic rings. The summed E-state index contributed by atoms with van der Waals surface area (Å²) in [7, 11) is -3.23. The third-order valence-corrected chi connectivity index (χ3v) is 11.6. The van der Waals surface area contributed by atoms with Gasteiger partial charge >= 0.3 is 7.82 Å². The highest BCUT2D eigenvalue weighted by Crippen LogP contribution is 2.53. The van der Waals surface area contributed by atoms with E-state index in [1.165, 1.54) is 107 Å². The summed E-state index contributed by atoms with van der Waals surface area (Å²) in [5.74, 6) is 0.140. The summed E-state index contributed by atoms with van der Waals surface area (Å²) in [6.45, 7) is 2.49. The Kier molecular flexibility index (Phi) is 18.8. The molecule has 0 amide bonds. The van der Waals surface area contributed by atoms with Crippen LogP contribution in [0.25, 0.3) is 5.52 Å². The third kappa shape index (κ3) is 12.8. The average Bonchev–Trinajstić information content (AvgIpc) is 3.73. The van der Waals surface area contributed by atoms with Crippen LogP contribution >= 0.6 is 7.82 Å². The van der Waals surface area contributed by atoms with Crippen molar-refractivity contribution in [2.24, 2.45) is 0 Å². The maximum Gasteiger partial charge on any atom is 0.477 e. The summed E-state index contributed by atoms with van der Waals surface area (Å²) in [6.07, 6.45) is 18.0. The van der Waals surface area contributed by atoms with Gasteiger partial charge in [-0.15, -0.1) is 0 Å². The predicted molar refractivity (Wildman–Crippen MR) is 207 cm³/mol. The second kappa shape index (κ2) is 23.2. The van der Waals surface area contributed by atoms with Crippen LogP contribution in [0.5, 0.6) is 0 Å². The molecule has 0 aliphatic carbocycles. The Hall–Kier alpha value is -2.92. The highest BCUT2D eigenvalue weighted by molar-refractivity contribution is 7.48. The minimum atomic E-state index is -4.38. The van der Waals surface area contributed by atoms with Gasteiger partial charge in [0.2, 0.25) is 5.60 Å². The average molecular weight is 772 g/mol. The first-order valence-electron chi connectivity index (χ1n) is 19.9. The van der Waals surface area contributed by atoms with Gasteiger partial charge in [-0.1, -0.05) is 146 Å². The number of hydrogen-bond acceptors (Lipinski definition) is 12. The number of fused-ring (bicyclic) bond motifs is 1. The molecule has 3 aromatic rings. The SMILES string of the molecule is CCCCCCCCCCCCCCCCCCC[C@H](COP(=O)(OC)O[C@H]1O[C@@](C#N)(c2ccc3c(N)ncnn23)[C@H](O)[C@@H]1O)OCc1ccccc1. The first-order valence-corrected chi connectivity index (χ1v) is 21.4. The summed E-state index contributed by atoms with van der Waals surface area (Å²) in [5.41, 5.74) is 5.22. The largest absolute Gasteiger partial charge is 0.477 e. The molecule has 0 spiro atoms. The number of aliphatic hydroxyl groups excluding tert-OH is 2. The molecule has 4 N–H and O–H groups in total. The smallest absolute Gasteiger partial charge is 0.386 e. The van der Waals surface area contributed by atoms with Crippen LogP contribution < -0.4 is 5.73 Å². The van der Waals surface area contributed by atoms with Crippen LogP contribution in [0.2, 0.25) is 0 Å². The second-order valence-corrected chi connectivity index (χ2v) is 16.1. The normalized spacial score (nSPS) is 21.6.